The molecule has 1 unspecified atom stereocenters. The van der Waals surface area contributed by atoms with E-state index >= 15 is 0 Å². The van der Waals surface area contributed by atoms with Gasteiger partial charge in [0, 0.05) is 18.1 Å². The number of carbonyl (C=O) groups excluding carboxylic acids is 1. The van der Waals surface area contributed by atoms with Crippen LogP contribution < -0.4 is 10.1 Å². The number of hydrogen-bond acceptors (Lipinski definition) is 5. The van der Waals surface area contributed by atoms with Gasteiger partial charge in [-0.3, -0.25) is 0 Å². The number of thiazole rings is 1. The first-order chi connectivity index (χ1) is 13.5. The van der Waals surface area contributed by atoms with Gasteiger partial charge >= 0.3 is 12.3 Å². The summed E-state index contributed by atoms with van der Waals surface area (Å²) in [6.45, 7) is 5.60. The van der Waals surface area contributed by atoms with E-state index in [1.165, 1.54) is 11.3 Å². The van der Waals surface area contributed by atoms with E-state index in [1.54, 1.807) is 32.3 Å². The summed E-state index contributed by atoms with van der Waals surface area (Å²) in [5.74, 6) is -0.0678. The number of ether oxygens (including phenoxy) is 2. The smallest absolute Gasteiger partial charge is 0.416 e. The van der Waals surface area contributed by atoms with Crippen LogP contribution in [0.15, 0.2) is 29.8 Å². The minimum absolute atomic E-state index is 0.0678. The van der Waals surface area contributed by atoms with Gasteiger partial charge in [-0.05, 0) is 51.8 Å². The van der Waals surface area contributed by atoms with Gasteiger partial charge in [-0.1, -0.05) is 11.6 Å². The number of aromatic nitrogens is 1. The van der Waals surface area contributed by atoms with E-state index in [-0.39, 0.29) is 10.8 Å². The number of nitrogens with one attached hydrogen (secondary N) is 1. The van der Waals surface area contributed by atoms with Crippen LogP contribution in [0.5, 0.6) is 5.75 Å². The van der Waals surface area contributed by atoms with Crippen molar-refractivity contribution in [3.63, 3.8) is 0 Å². The third-order valence-electron chi connectivity index (χ3n) is 3.57. The highest BCUT2D eigenvalue weighted by Crippen LogP contribution is 2.37. The average molecular weight is 451 g/mol. The quantitative estimate of drug-likeness (QED) is 0.507. The molecular formula is C19H22ClF3N2O3S. The van der Waals surface area contributed by atoms with Gasteiger partial charge in [0.05, 0.1) is 10.6 Å². The fourth-order valence-electron chi connectivity index (χ4n) is 2.34. The summed E-state index contributed by atoms with van der Waals surface area (Å²) in [4.78, 5) is 15.9. The van der Waals surface area contributed by atoms with E-state index in [0.29, 0.717) is 24.4 Å². The van der Waals surface area contributed by atoms with Crippen molar-refractivity contribution < 1.29 is 27.4 Å². The molecule has 0 bridgehead atoms. The summed E-state index contributed by atoms with van der Waals surface area (Å²) in [5, 5.41) is 5.07. The van der Waals surface area contributed by atoms with Crippen molar-refractivity contribution in [3.05, 3.63) is 45.4 Å². The minimum Gasteiger partial charge on any atom is -0.482 e. The highest BCUT2D eigenvalue weighted by molar-refractivity contribution is 7.09. The van der Waals surface area contributed by atoms with E-state index in [9.17, 15) is 18.0 Å². The van der Waals surface area contributed by atoms with Crippen LogP contribution in [-0.2, 0) is 10.9 Å². The summed E-state index contributed by atoms with van der Waals surface area (Å²) >= 11 is 7.36. The zero-order valence-corrected chi connectivity index (χ0v) is 17.7. The van der Waals surface area contributed by atoms with Crippen LogP contribution in [0.4, 0.5) is 18.0 Å². The third kappa shape index (κ3) is 7.74. The Balaban J connectivity index is 2.03. The summed E-state index contributed by atoms with van der Waals surface area (Å²) in [7, 11) is 0. The first-order valence-electron chi connectivity index (χ1n) is 8.85. The number of alkyl carbamates (subject to hydrolysis) is 1. The first-order valence-corrected chi connectivity index (χ1v) is 10.1. The van der Waals surface area contributed by atoms with E-state index in [2.05, 4.69) is 10.3 Å². The molecular weight excluding hydrogens is 429 g/mol. The molecule has 1 aromatic heterocycles. The zero-order chi connectivity index (χ0) is 21.7. The molecule has 2 rings (SSSR count). The molecule has 160 valence electrons. The molecule has 1 N–H and O–H groups in total. The number of amides is 1. The van der Waals surface area contributed by atoms with Crippen LogP contribution in [0.25, 0.3) is 0 Å². The second-order valence-electron chi connectivity index (χ2n) is 7.19. The number of rotatable bonds is 7. The van der Waals surface area contributed by atoms with Crippen molar-refractivity contribution in [1.29, 1.82) is 0 Å². The van der Waals surface area contributed by atoms with Crippen LogP contribution >= 0.6 is 22.9 Å². The molecule has 10 heteroatoms. The lowest BCUT2D eigenvalue weighted by Gasteiger charge is -2.21. The number of carbonyl (C=O) groups is 1. The Morgan fingerprint density at radius 3 is 2.62 bits per heavy atom. The SMILES string of the molecule is CC(C)(C)OC(=O)NCCCC(Oc1cc(C(F)(F)F)ccc1Cl)c1nccs1. The fourth-order valence-corrected chi connectivity index (χ4v) is 3.20. The molecule has 29 heavy (non-hydrogen) atoms. The van der Waals surface area contributed by atoms with Gasteiger partial charge in [-0.15, -0.1) is 11.3 Å². The Morgan fingerprint density at radius 2 is 2.03 bits per heavy atom. The normalized spacial score (nSPS) is 13.1. The minimum atomic E-state index is -4.50. The lowest BCUT2D eigenvalue weighted by molar-refractivity contribution is -0.137. The van der Waals surface area contributed by atoms with Crippen LogP contribution in [0.1, 0.15) is 50.3 Å². The second kappa shape index (κ2) is 9.67. The molecule has 1 atom stereocenters. The number of halogens is 4. The average Bonchev–Trinajstić information content (AvgIpc) is 3.11. The topological polar surface area (TPSA) is 60.5 Å². The van der Waals surface area contributed by atoms with E-state index in [4.69, 9.17) is 21.1 Å². The largest absolute Gasteiger partial charge is 0.482 e. The van der Waals surface area contributed by atoms with Gasteiger partial charge in [0.15, 0.2) is 6.10 Å². The van der Waals surface area contributed by atoms with Crippen LogP contribution in [0.2, 0.25) is 5.02 Å². The Hall–Kier alpha value is -2.00. The van der Waals surface area contributed by atoms with Gasteiger partial charge in [0.1, 0.15) is 16.4 Å². The molecule has 1 heterocycles. The molecule has 0 saturated carbocycles. The van der Waals surface area contributed by atoms with E-state index in [1.807, 2.05) is 0 Å². The van der Waals surface area contributed by atoms with Gasteiger partial charge in [-0.25, -0.2) is 9.78 Å². The molecule has 0 aliphatic carbocycles. The monoisotopic (exact) mass is 450 g/mol. The number of alkyl halides is 3. The molecule has 0 radical (unpaired) electrons. The molecule has 5 nitrogen and oxygen atoms in total. The van der Waals surface area contributed by atoms with Gasteiger partial charge in [-0.2, -0.15) is 13.2 Å². The van der Waals surface area contributed by atoms with Crippen LogP contribution in [0.3, 0.4) is 0 Å². The van der Waals surface area contributed by atoms with Crippen molar-refractivity contribution in [2.24, 2.45) is 0 Å². The summed E-state index contributed by atoms with van der Waals surface area (Å²) in [5.41, 5.74) is -1.45. The van der Waals surface area contributed by atoms with E-state index in [0.717, 1.165) is 18.2 Å². The summed E-state index contributed by atoms with van der Waals surface area (Å²) < 4.78 is 49.9. The third-order valence-corrected chi connectivity index (χ3v) is 4.75. The maximum absolute atomic E-state index is 13.0. The Morgan fingerprint density at radius 1 is 1.31 bits per heavy atom. The number of hydrogen-bond donors (Lipinski definition) is 1. The number of nitrogens with zero attached hydrogens (tertiary/aromatic N) is 1. The van der Waals surface area contributed by atoms with Gasteiger partial charge in [0.2, 0.25) is 0 Å². The molecule has 0 fully saturated rings. The van der Waals surface area contributed by atoms with Crippen molar-refractivity contribution in [3.8, 4) is 5.75 Å². The standard InChI is InChI=1S/C19H22ClF3N2O3S/c1-18(2,3)28-17(26)25-8-4-5-14(16-24-9-10-29-16)27-15-11-12(19(21,22)23)6-7-13(15)20/h6-7,9-11,14H,4-5,8H2,1-3H3,(H,25,26). The lowest BCUT2D eigenvalue weighted by Crippen LogP contribution is -2.33. The molecule has 1 amide bonds. The zero-order valence-electron chi connectivity index (χ0n) is 16.2. The van der Waals surface area contributed by atoms with Crippen molar-refractivity contribution in [2.75, 3.05) is 6.54 Å². The Labute approximate surface area is 176 Å². The number of benzene rings is 1. The lowest BCUT2D eigenvalue weighted by atomic mass is 10.2. The predicted octanol–water partition coefficient (Wildman–Crippen LogP) is 6.24. The highest BCUT2D eigenvalue weighted by atomic mass is 35.5. The van der Waals surface area contributed by atoms with Crippen molar-refractivity contribution in [1.82, 2.24) is 10.3 Å². The summed E-state index contributed by atoms with van der Waals surface area (Å²) in [6.07, 6.45) is -3.14. The summed E-state index contributed by atoms with van der Waals surface area (Å²) in [6, 6.07) is 2.93. The van der Waals surface area contributed by atoms with Gasteiger partial charge < -0.3 is 14.8 Å². The highest BCUT2D eigenvalue weighted by Gasteiger charge is 2.31. The molecule has 0 aliphatic heterocycles. The van der Waals surface area contributed by atoms with Gasteiger partial charge in [0.25, 0.3) is 0 Å². The molecule has 2 aromatic rings. The molecule has 1 aromatic carbocycles. The van der Waals surface area contributed by atoms with Crippen LogP contribution in [-0.4, -0.2) is 23.2 Å². The fraction of sp³-hybridized carbons (Fsp3) is 0.474. The predicted molar refractivity (Wildman–Crippen MR) is 105 cm³/mol. The maximum Gasteiger partial charge on any atom is 0.416 e. The van der Waals surface area contributed by atoms with Crippen molar-refractivity contribution >= 4 is 29.0 Å². The molecule has 0 saturated heterocycles. The second-order valence-corrected chi connectivity index (χ2v) is 8.52. The Kier molecular flexibility index (Phi) is 7.76. The van der Waals surface area contributed by atoms with Crippen molar-refractivity contribution in [2.45, 2.75) is 51.5 Å². The Bertz CT molecular complexity index is 808. The molecule has 0 aliphatic rings. The first kappa shape index (κ1) is 23.3. The molecule has 0 spiro atoms. The maximum atomic E-state index is 13.0. The van der Waals surface area contributed by atoms with E-state index < -0.39 is 29.5 Å². The van der Waals surface area contributed by atoms with Crippen LogP contribution in [0, 0.1) is 0 Å².